The van der Waals surface area contributed by atoms with Crippen LogP contribution in [0.2, 0.25) is 0 Å². The number of hydrogen-bond acceptors (Lipinski definition) is 4. The lowest BCUT2D eigenvalue weighted by Gasteiger charge is -2.33. The fourth-order valence-corrected chi connectivity index (χ4v) is 3.41. The minimum Gasteiger partial charge on any atom is -0.444 e. The summed E-state index contributed by atoms with van der Waals surface area (Å²) >= 11 is 0. The summed E-state index contributed by atoms with van der Waals surface area (Å²) in [6.07, 6.45) is 2.83. The van der Waals surface area contributed by atoms with Crippen LogP contribution >= 0.6 is 0 Å². The average molecular weight is 285 g/mol. The summed E-state index contributed by atoms with van der Waals surface area (Å²) in [7, 11) is 0. The highest BCUT2D eigenvalue weighted by Crippen LogP contribution is 2.44. The second-order valence-corrected chi connectivity index (χ2v) is 7.41. The Hall–Kier alpha value is -0.810. The van der Waals surface area contributed by atoms with Gasteiger partial charge in [0.2, 0.25) is 0 Å². The van der Waals surface area contributed by atoms with Crippen LogP contribution in [-0.2, 0) is 4.74 Å². The van der Waals surface area contributed by atoms with E-state index in [4.69, 9.17) is 4.74 Å². The highest BCUT2D eigenvalue weighted by Gasteiger charge is 2.44. The first-order valence-corrected chi connectivity index (χ1v) is 7.55. The van der Waals surface area contributed by atoms with Gasteiger partial charge >= 0.3 is 6.09 Å². The van der Waals surface area contributed by atoms with Gasteiger partial charge in [0.25, 0.3) is 0 Å². The van der Waals surface area contributed by atoms with Crippen molar-refractivity contribution in [1.82, 2.24) is 4.90 Å². The summed E-state index contributed by atoms with van der Waals surface area (Å²) in [5.74, 6) is 0. The van der Waals surface area contributed by atoms with Gasteiger partial charge in [-0.25, -0.2) is 4.79 Å². The van der Waals surface area contributed by atoms with Gasteiger partial charge in [0.15, 0.2) is 0 Å². The van der Waals surface area contributed by atoms with E-state index in [0.29, 0.717) is 13.0 Å². The summed E-state index contributed by atoms with van der Waals surface area (Å²) < 4.78 is 5.41. The number of ether oxygens (including phenoxy) is 1. The van der Waals surface area contributed by atoms with Crippen LogP contribution in [0.3, 0.4) is 0 Å². The van der Waals surface area contributed by atoms with Crippen LogP contribution < -0.4 is 0 Å². The minimum absolute atomic E-state index is 0.0478. The second-order valence-electron chi connectivity index (χ2n) is 7.41. The Morgan fingerprint density at radius 2 is 1.80 bits per heavy atom. The molecule has 2 N–H and O–H groups in total. The lowest BCUT2D eigenvalue weighted by molar-refractivity contribution is -0.00696. The molecule has 0 bridgehead atoms. The zero-order valence-electron chi connectivity index (χ0n) is 12.8. The van der Waals surface area contributed by atoms with Gasteiger partial charge in [0, 0.05) is 6.54 Å². The molecule has 2 aliphatic rings. The van der Waals surface area contributed by atoms with Crippen molar-refractivity contribution in [3.8, 4) is 0 Å². The van der Waals surface area contributed by atoms with Crippen LogP contribution in [-0.4, -0.2) is 52.1 Å². The van der Waals surface area contributed by atoms with Crippen LogP contribution in [0, 0.1) is 5.41 Å². The molecule has 0 aromatic carbocycles. The molecule has 1 amide bonds. The molecule has 1 aliphatic heterocycles. The number of β-amino-alcohol motifs (C(OH)–C–C–N with tert-alkyl or cyclic N) is 1. The zero-order valence-corrected chi connectivity index (χ0v) is 12.8. The Morgan fingerprint density at radius 1 is 1.20 bits per heavy atom. The van der Waals surface area contributed by atoms with E-state index >= 15 is 0 Å². The van der Waals surface area contributed by atoms with Crippen LogP contribution in [0.25, 0.3) is 0 Å². The van der Waals surface area contributed by atoms with Crippen molar-refractivity contribution in [3.63, 3.8) is 0 Å². The Balaban J connectivity index is 2.13. The van der Waals surface area contributed by atoms with Gasteiger partial charge in [-0.15, -0.1) is 0 Å². The molecule has 1 saturated carbocycles. The topological polar surface area (TPSA) is 70.0 Å². The van der Waals surface area contributed by atoms with Gasteiger partial charge in [-0.3, -0.25) is 0 Å². The Morgan fingerprint density at radius 3 is 2.35 bits per heavy atom. The molecule has 0 aromatic rings. The highest BCUT2D eigenvalue weighted by molar-refractivity contribution is 5.68. The summed E-state index contributed by atoms with van der Waals surface area (Å²) in [4.78, 5) is 13.9. The number of aliphatic hydroxyl groups is 2. The fraction of sp³-hybridized carbons (Fsp3) is 0.933. The molecule has 2 rings (SSSR count). The summed E-state index contributed by atoms with van der Waals surface area (Å²) in [5.41, 5.74) is -0.594. The number of aliphatic hydroxyl groups excluding tert-OH is 2. The monoisotopic (exact) mass is 285 g/mol. The standard InChI is InChI=1S/C15H27NO4/c1-14(2,3)20-13(19)16-9-12(18)11(17)8-15(10-16)6-4-5-7-15/h11-12,17-18H,4-10H2,1-3H3/t11-,12+/m0/s1. The molecular weight excluding hydrogens is 258 g/mol. The van der Waals surface area contributed by atoms with Crippen molar-refractivity contribution < 1.29 is 19.7 Å². The van der Waals surface area contributed by atoms with E-state index in [2.05, 4.69) is 0 Å². The van der Waals surface area contributed by atoms with E-state index in [0.717, 1.165) is 25.7 Å². The Bertz CT molecular complexity index is 357. The van der Waals surface area contributed by atoms with Crippen LogP contribution in [0.15, 0.2) is 0 Å². The number of rotatable bonds is 0. The maximum absolute atomic E-state index is 12.3. The number of likely N-dealkylation sites (tertiary alicyclic amines) is 1. The summed E-state index contributed by atoms with van der Waals surface area (Å²) in [6.45, 7) is 6.23. The number of carbonyl (C=O) groups excluding carboxylic acids is 1. The molecule has 0 aromatic heterocycles. The largest absolute Gasteiger partial charge is 0.444 e. The highest BCUT2D eigenvalue weighted by atomic mass is 16.6. The molecule has 20 heavy (non-hydrogen) atoms. The van der Waals surface area contributed by atoms with Gasteiger partial charge in [-0.1, -0.05) is 12.8 Å². The van der Waals surface area contributed by atoms with Crippen LogP contribution in [0.1, 0.15) is 52.9 Å². The number of hydrogen-bond donors (Lipinski definition) is 2. The quantitative estimate of drug-likeness (QED) is 0.713. The van der Waals surface area contributed by atoms with Gasteiger partial charge in [0.1, 0.15) is 5.60 Å². The predicted octanol–water partition coefficient (Wildman–Crippen LogP) is 1.91. The van der Waals surface area contributed by atoms with E-state index < -0.39 is 23.9 Å². The number of carbonyl (C=O) groups is 1. The maximum Gasteiger partial charge on any atom is 0.410 e. The van der Waals surface area contributed by atoms with Crippen molar-refractivity contribution >= 4 is 6.09 Å². The molecule has 1 heterocycles. The van der Waals surface area contributed by atoms with E-state index in [1.807, 2.05) is 20.8 Å². The molecule has 0 radical (unpaired) electrons. The SMILES string of the molecule is CC(C)(C)OC(=O)N1C[C@@H](O)[C@@H](O)CC2(CCCC2)C1. The van der Waals surface area contributed by atoms with E-state index in [1.165, 1.54) is 0 Å². The second kappa shape index (κ2) is 5.53. The molecule has 1 spiro atoms. The van der Waals surface area contributed by atoms with E-state index in [9.17, 15) is 15.0 Å². The van der Waals surface area contributed by atoms with Crippen molar-refractivity contribution in [3.05, 3.63) is 0 Å². The zero-order chi connectivity index (χ0) is 15.0. The summed E-state index contributed by atoms with van der Waals surface area (Å²) in [5, 5.41) is 20.1. The Kier molecular flexibility index (Phi) is 4.30. The first-order valence-electron chi connectivity index (χ1n) is 7.55. The molecule has 0 unspecified atom stereocenters. The third-order valence-electron chi connectivity index (χ3n) is 4.34. The molecular formula is C15H27NO4. The predicted molar refractivity (Wildman–Crippen MR) is 75.3 cm³/mol. The van der Waals surface area contributed by atoms with Crippen LogP contribution in [0.5, 0.6) is 0 Å². The third kappa shape index (κ3) is 3.64. The minimum atomic E-state index is -0.887. The normalized spacial score (nSPS) is 30.4. The molecule has 116 valence electrons. The van der Waals surface area contributed by atoms with Crippen molar-refractivity contribution in [2.75, 3.05) is 13.1 Å². The van der Waals surface area contributed by atoms with Gasteiger partial charge < -0.3 is 19.8 Å². The van der Waals surface area contributed by atoms with Crippen molar-refractivity contribution in [1.29, 1.82) is 0 Å². The van der Waals surface area contributed by atoms with Crippen molar-refractivity contribution in [2.24, 2.45) is 5.41 Å². The first-order chi connectivity index (χ1) is 9.21. The Labute approximate surface area is 120 Å². The maximum atomic E-state index is 12.3. The fourth-order valence-electron chi connectivity index (χ4n) is 3.41. The molecule has 5 heteroatoms. The molecule has 2 atom stereocenters. The molecule has 1 saturated heterocycles. The van der Waals surface area contributed by atoms with Crippen LogP contribution in [0.4, 0.5) is 4.79 Å². The third-order valence-corrected chi connectivity index (χ3v) is 4.34. The van der Waals surface area contributed by atoms with Gasteiger partial charge in [0.05, 0.1) is 18.8 Å². The first kappa shape index (κ1) is 15.6. The van der Waals surface area contributed by atoms with Gasteiger partial charge in [-0.05, 0) is 45.4 Å². The smallest absolute Gasteiger partial charge is 0.410 e. The lowest BCUT2D eigenvalue weighted by Crippen LogP contribution is -2.44. The lowest BCUT2D eigenvalue weighted by atomic mass is 9.80. The molecule has 5 nitrogen and oxygen atoms in total. The summed E-state index contributed by atoms with van der Waals surface area (Å²) in [6, 6.07) is 0. The number of amides is 1. The molecule has 1 aliphatic carbocycles. The number of nitrogens with zero attached hydrogens (tertiary/aromatic N) is 1. The molecule has 2 fully saturated rings. The average Bonchev–Trinajstić information content (AvgIpc) is 2.69. The van der Waals surface area contributed by atoms with E-state index in [-0.39, 0.29) is 12.0 Å². The van der Waals surface area contributed by atoms with Gasteiger partial charge in [-0.2, -0.15) is 0 Å². The van der Waals surface area contributed by atoms with Crippen molar-refractivity contribution in [2.45, 2.75) is 70.7 Å². The van der Waals surface area contributed by atoms with E-state index in [1.54, 1.807) is 4.90 Å².